The highest BCUT2D eigenvalue weighted by atomic mass is 32.2. The van der Waals surface area contributed by atoms with Gasteiger partial charge in [0.1, 0.15) is 5.75 Å². The first-order chi connectivity index (χ1) is 19.2. The summed E-state index contributed by atoms with van der Waals surface area (Å²) in [6.07, 6.45) is 7.91. The Labute approximate surface area is 237 Å². The highest BCUT2D eigenvalue weighted by Crippen LogP contribution is 2.51. The van der Waals surface area contributed by atoms with Gasteiger partial charge in [0.2, 0.25) is 10.0 Å². The summed E-state index contributed by atoms with van der Waals surface area (Å²) in [7, 11) is -0.563. The summed E-state index contributed by atoms with van der Waals surface area (Å²) in [5, 5.41) is 0.406. The number of hydrogen-bond acceptors (Lipinski definition) is 6. The molecular weight excluding hydrogens is 528 g/mol. The van der Waals surface area contributed by atoms with Gasteiger partial charge in [0, 0.05) is 28.4 Å². The molecule has 2 aliphatic carbocycles. The summed E-state index contributed by atoms with van der Waals surface area (Å²) < 4.78 is 35.0. The van der Waals surface area contributed by atoms with E-state index in [0.29, 0.717) is 24.6 Å². The lowest BCUT2D eigenvalue weighted by molar-refractivity contribution is -0.283. The largest absolute Gasteiger partial charge is 0.497 e. The van der Waals surface area contributed by atoms with Crippen molar-refractivity contribution in [3.63, 3.8) is 0 Å². The number of aromatic nitrogens is 1. The van der Waals surface area contributed by atoms with E-state index in [9.17, 15) is 13.2 Å². The highest BCUT2D eigenvalue weighted by molar-refractivity contribution is 7.90. The fourth-order valence-corrected chi connectivity index (χ4v) is 6.51. The molecule has 0 unspecified atom stereocenters. The summed E-state index contributed by atoms with van der Waals surface area (Å²) >= 11 is 0. The predicted octanol–water partition coefficient (Wildman–Crippen LogP) is 6.19. The molecule has 1 N–H and O–H groups in total. The van der Waals surface area contributed by atoms with Crippen LogP contribution in [0.4, 0.5) is 0 Å². The average Bonchev–Trinajstić information content (AvgIpc) is 3.66. The van der Waals surface area contributed by atoms with Gasteiger partial charge in [-0.25, -0.2) is 22.9 Å². The van der Waals surface area contributed by atoms with Crippen molar-refractivity contribution in [2.24, 2.45) is 5.41 Å². The van der Waals surface area contributed by atoms with Gasteiger partial charge in [0.05, 0.1) is 31.8 Å². The highest BCUT2D eigenvalue weighted by Gasteiger charge is 2.45. The second-order valence-corrected chi connectivity index (χ2v) is 13.8. The molecule has 1 heterocycles. The van der Waals surface area contributed by atoms with Crippen LogP contribution < -0.4 is 9.46 Å². The third kappa shape index (κ3) is 5.78. The number of hydrogen-bond donors (Lipinski definition) is 1. The maximum Gasteiger partial charge on any atom is 0.264 e. The maximum atomic E-state index is 13.1. The minimum Gasteiger partial charge on any atom is -0.497 e. The quantitative estimate of drug-likeness (QED) is 0.219. The van der Waals surface area contributed by atoms with Gasteiger partial charge in [-0.05, 0) is 93.0 Å². The maximum absolute atomic E-state index is 13.1. The Hall–Kier alpha value is -2.88. The van der Waals surface area contributed by atoms with Crippen LogP contribution in [0.2, 0.25) is 0 Å². The summed E-state index contributed by atoms with van der Waals surface area (Å²) in [6.45, 7) is 4.30. The molecule has 0 spiro atoms. The molecule has 2 aliphatic rings. The summed E-state index contributed by atoms with van der Waals surface area (Å²) in [6, 6.07) is 13.8. The lowest BCUT2D eigenvalue weighted by Gasteiger charge is -2.24. The first-order valence-electron chi connectivity index (χ1n) is 14.2. The fraction of sp³-hybridized carbons (Fsp3) is 0.516. The van der Waals surface area contributed by atoms with Gasteiger partial charge >= 0.3 is 0 Å². The molecule has 0 saturated heterocycles. The smallest absolute Gasteiger partial charge is 0.264 e. The molecule has 1 aromatic heterocycles. The molecule has 0 radical (unpaired) electrons. The molecule has 2 saturated carbocycles. The summed E-state index contributed by atoms with van der Waals surface area (Å²) in [5.41, 5.74) is 4.75. The Bertz CT molecular complexity index is 1470. The molecule has 40 heavy (non-hydrogen) atoms. The molecule has 0 atom stereocenters. The number of carbonyl (C=O) groups excluding carboxylic acids is 1. The van der Waals surface area contributed by atoms with Gasteiger partial charge < -0.3 is 9.30 Å². The molecule has 2 aromatic carbocycles. The number of ether oxygens (including phenoxy) is 1. The number of benzene rings is 2. The van der Waals surface area contributed by atoms with Gasteiger partial charge in [0.15, 0.2) is 0 Å². The molecule has 0 bridgehead atoms. The van der Waals surface area contributed by atoms with Crippen LogP contribution in [0.5, 0.6) is 5.75 Å². The first kappa shape index (κ1) is 28.6. The Morgan fingerprint density at radius 1 is 1.05 bits per heavy atom. The van der Waals surface area contributed by atoms with Crippen LogP contribution in [0.15, 0.2) is 42.5 Å². The summed E-state index contributed by atoms with van der Waals surface area (Å²) in [4.78, 5) is 23.5. The van der Waals surface area contributed by atoms with Crippen LogP contribution in [0.3, 0.4) is 0 Å². The van der Waals surface area contributed by atoms with Crippen LogP contribution in [-0.2, 0) is 26.3 Å². The van der Waals surface area contributed by atoms with E-state index < -0.39 is 21.2 Å². The van der Waals surface area contributed by atoms with Crippen molar-refractivity contribution in [1.82, 2.24) is 9.29 Å². The Kier molecular flexibility index (Phi) is 8.27. The lowest BCUT2D eigenvalue weighted by Crippen LogP contribution is -2.35. The van der Waals surface area contributed by atoms with Crippen molar-refractivity contribution in [1.29, 1.82) is 0 Å². The minimum absolute atomic E-state index is 0.0632. The van der Waals surface area contributed by atoms with E-state index >= 15 is 0 Å². The Morgan fingerprint density at radius 2 is 1.75 bits per heavy atom. The number of rotatable bonds is 11. The minimum atomic E-state index is -3.76. The van der Waals surface area contributed by atoms with Crippen LogP contribution in [0.1, 0.15) is 80.6 Å². The number of sulfonamides is 1. The van der Waals surface area contributed by atoms with E-state index in [2.05, 4.69) is 21.4 Å². The van der Waals surface area contributed by atoms with Crippen molar-refractivity contribution in [2.45, 2.75) is 76.5 Å². The molecule has 3 aromatic rings. The fourth-order valence-electron chi connectivity index (χ4n) is 5.90. The Morgan fingerprint density at radius 3 is 2.35 bits per heavy atom. The average molecular weight is 569 g/mol. The van der Waals surface area contributed by atoms with Gasteiger partial charge in [-0.1, -0.05) is 25.3 Å². The molecule has 5 rings (SSSR count). The van der Waals surface area contributed by atoms with Gasteiger partial charge in [-0.15, -0.1) is 0 Å². The second-order valence-electron chi connectivity index (χ2n) is 11.6. The van der Waals surface area contributed by atoms with Crippen LogP contribution >= 0.6 is 0 Å². The number of fused-ring (bicyclic) bond motifs is 1. The van der Waals surface area contributed by atoms with Crippen LogP contribution in [-0.4, -0.2) is 45.0 Å². The van der Waals surface area contributed by atoms with Crippen LogP contribution in [0.25, 0.3) is 22.2 Å². The van der Waals surface area contributed by atoms with Gasteiger partial charge in [-0.2, -0.15) is 0 Å². The predicted molar refractivity (Wildman–Crippen MR) is 156 cm³/mol. The number of amides is 1. The SMILES string of the molecule is COOCC1(Cn2c(-c3ccc(OC)cc3)c(C3CCCCC3)c3ccc(C(=O)NS(=O)(=O)C(C)C)cc32)CC1. The van der Waals surface area contributed by atoms with Crippen molar-refractivity contribution in [3.05, 3.63) is 53.6 Å². The topological polar surface area (TPSA) is 95.9 Å². The zero-order valence-corrected chi connectivity index (χ0v) is 24.7. The van der Waals surface area contributed by atoms with Crippen molar-refractivity contribution >= 4 is 26.8 Å². The number of nitrogens with zero attached hydrogens (tertiary/aromatic N) is 1. The van der Waals surface area contributed by atoms with Crippen LogP contribution in [0, 0.1) is 5.41 Å². The van der Waals surface area contributed by atoms with E-state index in [-0.39, 0.29) is 5.41 Å². The third-order valence-electron chi connectivity index (χ3n) is 8.53. The monoisotopic (exact) mass is 568 g/mol. The molecule has 8 nitrogen and oxygen atoms in total. The van der Waals surface area contributed by atoms with Gasteiger partial charge in [-0.3, -0.25) is 4.79 Å². The van der Waals surface area contributed by atoms with E-state index in [1.54, 1.807) is 27.0 Å². The first-order valence-corrected chi connectivity index (χ1v) is 15.7. The Balaban J connectivity index is 1.70. The number of methoxy groups -OCH3 is 1. The standard InChI is InChI=1S/C31H40N2O6S/c1-21(2)40(35,36)32-30(34)24-12-15-26-27(18-24)33(19-31(16-17-31)20-39-38-4)29(23-10-13-25(37-3)14-11-23)28(26)22-8-6-5-7-9-22/h10-15,18,21-22H,5-9,16-17,19-20H2,1-4H3,(H,32,34). The molecular formula is C31H40N2O6S. The number of nitrogens with one attached hydrogen (secondary N) is 1. The molecule has 1 amide bonds. The second kappa shape index (κ2) is 11.5. The molecule has 2 fully saturated rings. The lowest BCUT2D eigenvalue weighted by atomic mass is 9.81. The molecule has 0 aliphatic heterocycles. The van der Waals surface area contributed by atoms with E-state index in [4.69, 9.17) is 14.5 Å². The van der Waals surface area contributed by atoms with Crippen molar-refractivity contribution < 1.29 is 27.7 Å². The number of carbonyl (C=O) groups is 1. The third-order valence-corrected chi connectivity index (χ3v) is 10.2. The van der Waals surface area contributed by atoms with Crippen molar-refractivity contribution in [3.8, 4) is 17.0 Å². The van der Waals surface area contributed by atoms with E-state index in [0.717, 1.165) is 53.6 Å². The van der Waals surface area contributed by atoms with Gasteiger partial charge in [0.25, 0.3) is 5.91 Å². The van der Waals surface area contributed by atoms with Crippen molar-refractivity contribution in [2.75, 3.05) is 20.8 Å². The zero-order valence-electron chi connectivity index (χ0n) is 23.9. The molecule has 216 valence electrons. The zero-order chi connectivity index (χ0) is 28.5. The molecule has 9 heteroatoms. The summed E-state index contributed by atoms with van der Waals surface area (Å²) in [5.74, 6) is 0.585. The van der Waals surface area contributed by atoms with E-state index in [1.165, 1.54) is 31.9 Å². The van der Waals surface area contributed by atoms with E-state index in [1.807, 2.05) is 24.3 Å². The normalized spacial score (nSPS) is 17.3.